The fourth-order valence-electron chi connectivity index (χ4n) is 7.62. The van der Waals surface area contributed by atoms with Crippen molar-refractivity contribution in [3.8, 4) is 101 Å². The van der Waals surface area contributed by atoms with Gasteiger partial charge in [0.25, 0.3) is 0 Å². The Morgan fingerprint density at radius 2 is 0.467 bits per heavy atom. The quantitative estimate of drug-likeness (QED) is 0.146. The molecular weight excluding hydrogens is 731 g/mol. The van der Waals surface area contributed by atoms with Gasteiger partial charge in [-0.1, -0.05) is 206 Å². The topological polar surface area (TPSA) is 64.5 Å². The summed E-state index contributed by atoms with van der Waals surface area (Å²) in [5.74, 6) is 2.56. The molecule has 0 unspecified atom stereocenters. The monoisotopic (exact) mass is 767 g/mol. The fourth-order valence-corrected chi connectivity index (χ4v) is 7.62. The highest BCUT2D eigenvalue weighted by molar-refractivity contribution is 5.93. The van der Waals surface area contributed by atoms with E-state index in [-0.39, 0.29) is 0 Å². The largest absolute Gasteiger partial charge is 0.228 e. The SMILES string of the molecule is c1ccc(-c2cc(-c3ccccc3)nc(-c3cccc(-c4ccccc4-c4ccccc4-c4cccc(-c5nc(-c6ccccc6)nc(-c6ccccc6)n5)c4)c3)n2)cc1. The van der Waals surface area contributed by atoms with Crippen LogP contribution < -0.4 is 0 Å². The van der Waals surface area contributed by atoms with Crippen LogP contribution in [-0.4, -0.2) is 24.9 Å². The van der Waals surface area contributed by atoms with E-state index in [4.69, 9.17) is 24.9 Å². The van der Waals surface area contributed by atoms with E-state index in [0.717, 1.165) is 78.1 Å². The molecular formula is C55H37N5. The normalized spacial score (nSPS) is 11.0. The van der Waals surface area contributed by atoms with Gasteiger partial charge in [0.15, 0.2) is 23.3 Å². The van der Waals surface area contributed by atoms with E-state index in [9.17, 15) is 0 Å². The predicted octanol–water partition coefficient (Wildman–Crippen LogP) is 13.7. The van der Waals surface area contributed by atoms with Crippen LogP contribution in [-0.2, 0) is 0 Å². The molecule has 8 aromatic carbocycles. The third-order valence-corrected chi connectivity index (χ3v) is 10.6. The molecule has 2 heterocycles. The summed E-state index contributed by atoms with van der Waals surface area (Å²) >= 11 is 0. The first-order chi connectivity index (χ1) is 29.7. The number of rotatable bonds is 9. The number of benzene rings is 8. The van der Waals surface area contributed by atoms with Crippen molar-refractivity contribution in [1.29, 1.82) is 0 Å². The third kappa shape index (κ3) is 7.51. The van der Waals surface area contributed by atoms with Crippen molar-refractivity contribution in [2.75, 3.05) is 0 Å². The van der Waals surface area contributed by atoms with Gasteiger partial charge in [0.05, 0.1) is 11.4 Å². The van der Waals surface area contributed by atoms with Crippen molar-refractivity contribution >= 4 is 0 Å². The fraction of sp³-hybridized carbons (Fsp3) is 0. The summed E-state index contributed by atoms with van der Waals surface area (Å²) in [5.41, 5.74) is 14.2. The first-order valence-electron chi connectivity index (χ1n) is 20.0. The molecule has 10 rings (SSSR count). The van der Waals surface area contributed by atoms with Crippen LogP contribution >= 0.6 is 0 Å². The molecule has 0 radical (unpaired) electrons. The molecule has 282 valence electrons. The maximum absolute atomic E-state index is 5.12. The second-order valence-electron chi connectivity index (χ2n) is 14.5. The van der Waals surface area contributed by atoms with Gasteiger partial charge in [-0.05, 0) is 51.6 Å². The van der Waals surface area contributed by atoms with Crippen molar-refractivity contribution in [3.63, 3.8) is 0 Å². The maximum Gasteiger partial charge on any atom is 0.164 e. The molecule has 60 heavy (non-hydrogen) atoms. The highest BCUT2D eigenvalue weighted by atomic mass is 15.0. The molecule has 0 spiro atoms. The minimum absolute atomic E-state index is 0.619. The maximum atomic E-state index is 5.12. The minimum Gasteiger partial charge on any atom is -0.228 e. The van der Waals surface area contributed by atoms with Gasteiger partial charge >= 0.3 is 0 Å². The summed E-state index contributed by atoms with van der Waals surface area (Å²) in [6.07, 6.45) is 0. The van der Waals surface area contributed by atoms with E-state index in [1.54, 1.807) is 0 Å². The molecule has 10 aromatic rings. The van der Waals surface area contributed by atoms with E-state index in [2.05, 4.69) is 127 Å². The first-order valence-corrected chi connectivity index (χ1v) is 20.0. The molecule has 0 aliphatic carbocycles. The molecule has 5 nitrogen and oxygen atoms in total. The zero-order valence-corrected chi connectivity index (χ0v) is 32.6. The standard InChI is InChI=1S/C55H37N5/c1-5-19-38(20-6-1)50-37-51(39-21-7-2-8-22-39)57-54(56-50)44-29-17-27-42(35-44)46-31-13-15-33-48(46)49-34-16-14-32-47(49)43-28-18-30-45(36-43)55-59-52(40-23-9-3-10-24-40)58-53(60-55)41-25-11-4-12-26-41/h1-37H. The van der Waals surface area contributed by atoms with Crippen molar-refractivity contribution in [1.82, 2.24) is 24.9 Å². The van der Waals surface area contributed by atoms with Crippen LogP contribution in [0.2, 0.25) is 0 Å². The lowest BCUT2D eigenvalue weighted by molar-refractivity contribution is 1.07. The van der Waals surface area contributed by atoms with Gasteiger partial charge in [-0.25, -0.2) is 24.9 Å². The van der Waals surface area contributed by atoms with Crippen molar-refractivity contribution in [3.05, 3.63) is 224 Å². The third-order valence-electron chi connectivity index (χ3n) is 10.6. The van der Waals surface area contributed by atoms with Gasteiger partial charge in [-0.2, -0.15) is 0 Å². The summed E-state index contributed by atoms with van der Waals surface area (Å²) in [6.45, 7) is 0. The van der Waals surface area contributed by atoms with Gasteiger partial charge in [-0.15, -0.1) is 0 Å². The van der Waals surface area contributed by atoms with Crippen LogP contribution in [0.3, 0.4) is 0 Å². The zero-order valence-electron chi connectivity index (χ0n) is 32.6. The second kappa shape index (κ2) is 16.4. The Hall–Kier alpha value is -8.15. The second-order valence-corrected chi connectivity index (χ2v) is 14.5. The lowest BCUT2D eigenvalue weighted by Gasteiger charge is -2.16. The lowest BCUT2D eigenvalue weighted by Crippen LogP contribution is -2.00. The highest BCUT2D eigenvalue weighted by Crippen LogP contribution is 2.40. The van der Waals surface area contributed by atoms with Crippen molar-refractivity contribution in [2.24, 2.45) is 0 Å². The van der Waals surface area contributed by atoms with Crippen LogP contribution in [0.4, 0.5) is 0 Å². The summed E-state index contributed by atoms with van der Waals surface area (Å²) in [5, 5.41) is 0. The van der Waals surface area contributed by atoms with Crippen LogP contribution in [0, 0.1) is 0 Å². The number of hydrogen-bond acceptors (Lipinski definition) is 5. The summed E-state index contributed by atoms with van der Waals surface area (Å²) in [4.78, 5) is 25.2. The molecule has 2 aromatic heterocycles. The molecule has 0 bridgehead atoms. The molecule has 5 heteroatoms. The molecule has 0 atom stereocenters. The van der Waals surface area contributed by atoms with E-state index in [0.29, 0.717) is 23.3 Å². The molecule has 0 saturated heterocycles. The molecule has 0 saturated carbocycles. The molecule has 0 aliphatic rings. The summed E-state index contributed by atoms with van der Waals surface area (Å²) in [7, 11) is 0. The summed E-state index contributed by atoms with van der Waals surface area (Å²) in [6, 6.07) is 77.1. The van der Waals surface area contributed by atoms with Crippen LogP contribution in [0.15, 0.2) is 224 Å². The van der Waals surface area contributed by atoms with E-state index < -0.39 is 0 Å². The molecule has 0 N–H and O–H groups in total. The Labute approximate surface area is 349 Å². The smallest absolute Gasteiger partial charge is 0.164 e. The van der Waals surface area contributed by atoms with Crippen LogP contribution in [0.25, 0.3) is 101 Å². The Bertz CT molecular complexity index is 2750. The number of hydrogen-bond donors (Lipinski definition) is 0. The van der Waals surface area contributed by atoms with E-state index in [1.165, 1.54) is 0 Å². The van der Waals surface area contributed by atoms with Gasteiger partial charge in [0.2, 0.25) is 0 Å². The Kier molecular flexibility index (Phi) is 9.88. The minimum atomic E-state index is 0.619. The number of aromatic nitrogens is 5. The van der Waals surface area contributed by atoms with Gasteiger partial charge in [0, 0.05) is 33.4 Å². The van der Waals surface area contributed by atoms with Gasteiger partial charge in [-0.3, -0.25) is 0 Å². The van der Waals surface area contributed by atoms with Gasteiger partial charge in [0.1, 0.15) is 0 Å². The molecule has 0 fully saturated rings. The van der Waals surface area contributed by atoms with Gasteiger partial charge < -0.3 is 0 Å². The molecule has 0 amide bonds. The number of nitrogens with zero attached hydrogens (tertiary/aromatic N) is 5. The Morgan fingerprint density at radius 3 is 0.867 bits per heavy atom. The Balaban J connectivity index is 1.05. The summed E-state index contributed by atoms with van der Waals surface area (Å²) < 4.78 is 0. The van der Waals surface area contributed by atoms with Crippen molar-refractivity contribution < 1.29 is 0 Å². The first kappa shape index (κ1) is 36.2. The average Bonchev–Trinajstić information content (AvgIpc) is 3.35. The molecule has 0 aliphatic heterocycles. The highest BCUT2D eigenvalue weighted by Gasteiger charge is 2.17. The lowest BCUT2D eigenvalue weighted by atomic mass is 9.88. The van der Waals surface area contributed by atoms with E-state index >= 15 is 0 Å². The predicted molar refractivity (Wildman–Crippen MR) is 244 cm³/mol. The zero-order chi connectivity index (χ0) is 40.1. The van der Waals surface area contributed by atoms with Crippen molar-refractivity contribution in [2.45, 2.75) is 0 Å². The Morgan fingerprint density at radius 1 is 0.183 bits per heavy atom. The van der Waals surface area contributed by atoms with E-state index in [1.807, 2.05) is 97.1 Å². The average molecular weight is 768 g/mol. The van der Waals surface area contributed by atoms with Crippen LogP contribution in [0.1, 0.15) is 0 Å². The van der Waals surface area contributed by atoms with Crippen LogP contribution in [0.5, 0.6) is 0 Å².